The average Bonchev–Trinajstić information content (AvgIpc) is 3.39. The molecule has 7 nitrogen and oxygen atoms in total. The van der Waals surface area contributed by atoms with Gasteiger partial charge in [-0.2, -0.15) is 4.31 Å². The molecular weight excluding hydrogens is 442 g/mol. The van der Waals surface area contributed by atoms with E-state index in [1.54, 1.807) is 17.0 Å². The molecule has 2 aliphatic rings. The molecular formula is C16H22BrN3O4S2. The standard InChI is InChI=1S/C16H22BrN3O4S2/c17-13-5-6-15(25-13)26(23,24)20-10-8-19(9-11-20)14(21)2-1-7-18-16(22)12-3-4-12/h5-6,12H,1-4,7-11H2,(H,18,22). The zero-order valence-electron chi connectivity index (χ0n) is 14.3. The van der Waals surface area contributed by atoms with Gasteiger partial charge in [-0.3, -0.25) is 9.59 Å². The molecule has 1 aromatic heterocycles. The number of thiophene rings is 1. The molecule has 26 heavy (non-hydrogen) atoms. The van der Waals surface area contributed by atoms with E-state index >= 15 is 0 Å². The van der Waals surface area contributed by atoms with Crippen LogP contribution < -0.4 is 5.32 Å². The lowest BCUT2D eigenvalue weighted by molar-refractivity contribution is -0.132. The van der Waals surface area contributed by atoms with Crippen molar-refractivity contribution < 1.29 is 18.0 Å². The maximum atomic E-state index is 12.6. The highest BCUT2D eigenvalue weighted by Crippen LogP contribution is 2.29. The second-order valence-electron chi connectivity index (χ2n) is 6.51. The molecule has 3 rings (SSSR count). The van der Waals surface area contributed by atoms with Crippen molar-refractivity contribution in [3.63, 3.8) is 0 Å². The van der Waals surface area contributed by atoms with Gasteiger partial charge in [0.05, 0.1) is 3.79 Å². The smallest absolute Gasteiger partial charge is 0.252 e. The van der Waals surface area contributed by atoms with Gasteiger partial charge in [-0.25, -0.2) is 8.42 Å². The number of carbonyl (C=O) groups is 2. The molecule has 1 N–H and O–H groups in total. The zero-order chi connectivity index (χ0) is 18.7. The van der Waals surface area contributed by atoms with Crippen LogP contribution in [0.1, 0.15) is 25.7 Å². The largest absolute Gasteiger partial charge is 0.356 e. The zero-order valence-corrected chi connectivity index (χ0v) is 17.5. The SMILES string of the molecule is O=C(NCCCC(=O)N1CCN(S(=O)(=O)c2ccc(Br)s2)CC1)C1CC1. The molecule has 144 valence electrons. The van der Waals surface area contributed by atoms with E-state index in [0.29, 0.717) is 49.8 Å². The number of halogens is 1. The summed E-state index contributed by atoms with van der Waals surface area (Å²) in [6, 6.07) is 3.32. The van der Waals surface area contributed by atoms with Crippen molar-refractivity contribution >= 4 is 49.1 Å². The summed E-state index contributed by atoms with van der Waals surface area (Å²) >= 11 is 4.47. The Morgan fingerprint density at radius 1 is 1.19 bits per heavy atom. The monoisotopic (exact) mass is 463 g/mol. The van der Waals surface area contributed by atoms with E-state index in [1.807, 2.05) is 0 Å². The predicted molar refractivity (Wildman–Crippen MR) is 102 cm³/mol. The van der Waals surface area contributed by atoms with Crippen LogP contribution in [0.25, 0.3) is 0 Å². The van der Waals surface area contributed by atoms with Gasteiger partial charge in [0.25, 0.3) is 10.0 Å². The highest BCUT2D eigenvalue weighted by molar-refractivity contribution is 9.11. The summed E-state index contributed by atoms with van der Waals surface area (Å²) in [7, 11) is -3.49. The van der Waals surface area contributed by atoms with Crippen LogP contribution in [0.15, 0.2) is 20.1 Å². The summed E-state index contributed by atoms with van der Waals surface area (Å²) < 4.78 is 27.7. The number of nitrogens with one attached hydrogen (secondary N) is 1. The van der Waals surface area contributed by atoms with Gasteiger partial charge in [-0.05, 0) is 47.3 Å². The first-order valence-corrected chi connectivity index (χ1v) is 11.7. The number of hydrogen-bond acceptors (Lipinski definition) is 5. The van der Waals surface area contributed by atoms with Crippen LogP contribution in [0, 0.1) is 5.92 Å². The topological polar surface area (TPSA) is 86.8 Å². The quantitative estimate of drug-likeness (QED) is 0.622. The molecule has 2 heterocycles. The van der Waals surface area contributed by atoms with Gasteiger partial charge < -0.3 is 10.2 Å². The Morgan fingerprint density at radius 3 is 2.46 bits per heavy atom. The molecule has 1 aliphatic carbocycles. The third kappa shape index (κ3) is 4.85. The van der Waals surface area contributed by atoms with Crippen molar-refractivity contribution in [2.24, 2.45) is 5.92 Å². The van der Waals surface area contributed by atoms with Crippen LogP contribution >= 0.6 is 27.3 Å². The summed E-state index contributed by atoms with van der Waals surface area (Å²) in [5.74, 6) is 0.294. The molecule has 1 saturated heterocycles. The molecule has 0 bridgehead atoms. The lowest BCUT2D eigenvalue weighted by Crippen LogP contribution is -2.50. The summed E-state index contributed by atoms with van der Waals surface area (Å²) in [5.41, 5.74) is 0. The summed E-state index contributed by atoms with van der Waals surface area (Å²) in [4.78, 5) is 25.5. The number of carbonyl (C=O) groups excluding carboxylic acids is 2. The Morgan fingerprint density at radius 2 is 1.88 bits per heavy atom. The third-order valence-electron chi connectivity index (χ3n) is 4.55. The van der Waals surface area contributed by atoms with Crippen LogP contribution in [-0.4, -0.2) is 62.2 Å². The fraction of sp³-hybridized carbons (Fsp3) is 0.625. The van der Waals surface area contributed by atoms with Crippen molar-refractivity contribution in [2.45, 2.75) is 29.9 Å². The summed E-state index contributed by atoms with van der Waals surface area (Å²) in [6.07, 6.45) is 2.93. The van der Waals surface area contributed by atoms with Crippen LogP contribution in [0.2, 0.25) is 0 Å². The fourth-order valence-electron chi connectivity index (χ4n) is 2.84. The molecule has 2 amide bonds. The normalized spacial score (nSPS) is 18.7. The van der Waals surface area contributed by atoms with Crippen LogP contribution in [-0.2, 0) is 19.6 Å². The molecule has 2 fully saturated rings. The van der Waals surface area contributed by atoms with Gasteiger partial charge in [0.2, 0.25) is 11.8 Å². The maximum absolute atomic E-state index is 12.6. The number of sulfonamides is 1. The van der Waals surface area contributed by atoms with Crippen molar-refractivity contribution in [1.29, 1.82) is 0 Å². The van der Waals surface area contributed by atoms with Gasteiger partial charge in [0.1, 0.15) is 4.21 Å². The van der Waals surface area contributed by atoms with Gasteiger partial charge in [0, 0.05) is 45.1 Å². The van der Waals surface area contributed by atoms with E-state index in [0.717, 1.165) is 16.6 Å². The molecule has 1 saturated carbocycles. The predicted octanol–water partition coefficient (Wildman–Crippen LogP) is 1.65. The average molecular weight is 464 g/mol. The third-order valence-corrected chi connectivity index (χ3v) is 8.54. The lowest BCUT2D eigenvalue weighted by Gasteiger charge is -2.33. The fourth-order valence-corrected chi connectivity index (χ4v) is 6.43. The van der Waals surface area contributed by atoms with E-state index < -0.39 is 10.0 Å². The van der Waals surface area contributed by atoms with E-state index in [-0.39, 0.29) is 17.7 Å². The summed E-state index contributed by atoms with van der Waals surface area (Å²) in [6.45, 7) is 1.94. The van der Waals surface area contributed by atoms with Crippen molar-refractivity contribution in [2.75, 3.05) is 32.7 Å². The highest BCUT2D eigenvalue weighted by Gasteiger charge is 2.31. The van der Waals surface area contributed by atoms with E-state index in [9.17, 15) is 18.0 Å². The Hall–Kier alpha value is -0.970. The van der Waals surface area contributed by atoms with Gasteiger partial charge in [-0.1, -0.05) is 0 Å². The van der Waals surface area contributed by atoms with Crippen molar-refractivity contribution in [3.05, 3.63) is 15.9 Å². The molecule has 0 aromatic carbocycles. The van der Waals surface area contributed by atoms with E-state index in [2.05, 4.69) is 21.2 Å². The molecule has 10 heteroatoms. The second-order valence-corrected chi connectivity index (χ2v) is 11.1. The molecule has 1 aliphatic heterocycles. The lowest BCUT2D eigenvalue weighted by atomic mass is 10.2. The molecule has 0 radical (unpaired) electrons. The second kappa shape index (κ2) is 8.37. The number of hydrogen-bond donors (Lipinski definition) is 1. The van der Waals surface area contributed by atoms with Crippen LogP contribution in [0.3, 0.4) is 0 Å². The van der Waals surface area contributed by atoms with E-state index in [1.165, 1.54) is 15.6 Å². The Balaban J connectivity index is 1.41. The number of piperazine rings is 1. The van der Waals surface area contributed by atoms with E-state index in [4.69, 9.17) is 0 Å². The van der Waals surface area contributed by atoms with Gasteiger partial charge in [0.15, 0.2) is 0 Å². The Labute approximate surface area is 165 Å². The minimum atomic E-state index is -3.49. The minimum Gasteiger partial charge on any atom is -0.356 e. The van der Waals surface area contributed by atoms with Gasteiger partial charge in [-0.15, -0.1) is 11.3 Å². The number of nitrogens with zero attached hydrogens (tertiary/aromatic N) is 2. The Kier molecular flexibility index (Phi) is 6.37. The van der Waals surface area contributed by atoms with Crippen molar-refractivity contribution in [3.8, 4) is 0 Å². The van der Waals surface area contributed by atoms with Crippen LogP contribution in [0.5, 0.6) is 0 Å². The molecule has 1 aromatic rings. The molecule has 0 unspecified atom stereocenters. The number of rotatable bonds is 7. The first-order chi connectivity index (χ1) is 12.4. The molecule has 0 spiro atoms. The number of amides is 2. The maximum Gasteiger partial charge on any atom is 0.252 e. The van der Waals surface area contributed by atoms with Gasteiger partial charge >= 0.3 is 0 Å². The highest BCUT2D eigenvalue weighted by atomic mass is 79.9. The summed E-state index contributed by atoms with van der Waals surface area (Å²) in [5, 5.41) is 2.85. The first kappa shape index (κ1) is 19.8. The van der Waals surface area contributed by atoms with Crippen molar-refractivity contribution in [1.82, 2.24) is 14.5 Å². The van der Waals surface area contributed by atoms with Crippen LogP contribution in [0.4, 0.5) is 0 Å². The minimum absolute atomic E-state index is 0.0154. The molecule has 0 atom stereocenters. The Bertz CT molecular complexity index is 768. The first-order valence-electron chi connectivity index (χ1n) is 8.69.